The molecule has 143 valence electrons. The smallest absolute Gasteiger partial charge is 0.872 e. The molecule has 8 heteroatoms. The Morgan fingerprint density at radius 1 is 1.15 bits per heavy atom. The van der Waals surface area contributed by atoms with Crippen LogP contribution in [0.15, 0.2) is 56.7 Å². The van der Waals surface area contributed by atoms with E-state index in [4.69, 9.17) is 4.42 Å². The number of aromatic carboxylic acids is 1. The van der Waals surface area contributed by atoms with E-state index in [0.717, 1.165) is 0 Å². The number of rotatable bonds is 3. The van der Waals surface area contributed by atoms with Crippen LogP contribution in [0.5, 0.6) is 5.75 Å². The molecule has 0 atom stereocenters. The van der Waals surface area contributed by atoms with Crippen molar-refractivity contribution in [3.8, 4) is 5.75 Å². The van der Waals surface area contributed by atoms with E-state index in [0.29, 0.717) is 10.9 Å². The quantitative estimate of drug-likeness (QED) is 0.354. The molecule has 2 N–H and O–H groups in total. The van der Waals surface area contributed by atoms with E-state index in [1.165, 1.54) is 24.3 Å². The second-order valence-corrected chi connectivity index (χ2v) is 5.57. The van der Waals surface area contributed by atoms with Crippen LogP contribution in [0.1, 0.15) is 28.4 Å². The maximum Gasteiger partial charge on any atom is 2.00 e. The monoisotopic (exact) mass is 416 g/mol. The molecule has 0 aliphatic heterocycles. The summed E-state index contributed by atoms with van der Waals surface area (Å²) in [4.78, 5) is 27.2. The van der Waals surface area contributed by atoms with Crippen molar-refractivity contribution in [2.24, 2.45) is 4.99 Å². The van der Waals surface area contributed by atoms with Crippen molar-refractivity contribution >= 4 is 28.3 Å². The van der Waals surface area contributed by atoms with Gasteiger partial charge in [0.05, 0.1) is 11.7 Å². The molecule has 2 aromatic carbocycles. The van der Waals surface area contributed by atoms with Crippen LogP contribution in [-0.4, -0.2) is 17.2 Å². The van der Waals surface area contributed by atoms with Crippen molar-refractivity contribution in [1.29, 1.82) is 0 Å². The molecule has 1 radical (unpaired) electrons. The van der Waals surface area contributed by atoms with Crippen LogP contribution in [0.3, 0.4) is 0 Å². The van der Waals surface area contributed by atoms with Gasteiger partial charge in [0.15, 0.2) is 0 Å². The largest absolute Gasteiger partial charge is 2.00 e. The van der Waals surface area contributed by atoms with Crippen LogP contribution < -0.4 is 15.8 Å². The molecular weight excluding hydrogens is 402 g/mol. The molecule has 27 heavy (non-hydrogen) atoms. The maximum absolute atomic E-state index is 12.3. The first kappa shape index (κ1) is 22.1. The van der Waals surface area contributed by atoms with E-state index in [1.807, 2.05) is 0 Å². The van der Waals surface area contributed by atoms with Crippen molar-refractivity contribution in [2.45, 2.75) is 13.8 Å². The standard InChI is InChI=1S/C19H15NO5.Cu.H2O/c1-10-9-16(22)25-18-12(10)7-8-15(21)17(18)11(2)20-14-6-4-3-5-13(14)19(23)24;;/h3-9,21H,1-2H3,(H,23,24);;1H2/q;+2;/p-2. The van der Waals surface area contributed by atoms with E-state index >= 15 is 0 Å². The molecule has 3 aromatic rings. The number of aliphatic imine (C=N–C) groups is 1. The number of aryl methyl sites for hydroxylation is 1. The van der Waals surface area contributed by atoms with E-state index < -0.39 is 11.6 Å². The summed E-state index contributed by atoms with van der Waals surface area (Å²) in [5.41, 5.74) is 0.697. The number of hydrogen-bond donors (Lipinski definition) is 0. The topological polar surface area (TPSA) is 137 Å². The second kappa shape index (κ2) is 8.64. The number of carboxylic acid groups (broad SMARTS) is 1. The molecule has 0 amide bonds. The zero-order chi connectivity index (χ0) is 18.1. The first-order valence-electron chi connectivity index (χ1n) is 7.49. The molecule has 0 fully saturated rings. The summed E-state index contributed by atoms with van der Waals surface area (Å²) in [6, 6.07) is 10.4. The summed E-state index contributed by atoms with van der Waals surface area (Å²) in [6.07, 6.45) is 0. The molecule has 0 unspecified atom stereocenters. The first-order valence-corrected chi connectivity index (χ1v) is 7.49. The fourth-order valence-corrected chi connectivity index (χ4v) is 2.69. The molecular formula is C19H15CuNO6. The number of carbonyl (C=O) groups is 1. The van der Waals surface area contributed by atoms with Gasteiger partial charge in [-0.1, -0.05) is 36.1 Å². The van der Waals surface area contributed by atoms with Crippen LogP contribution >= 0.6 is 0 Å². The van der Waals surface area contributed by atoms with Gasteiger partial charge < -0.3 is 24.9 Å². The number of hydrogen-bond acceptors (Lipinski definition) is 6. The average molecular weight is 417 g/mol. The van der Waals surface area contributed by atoms with Crippen LogP contribution in [0, 0.1) is 6.92 Å². The zero-order valence-electron chi connectivity index (χ0n) is 14.3. The Balaban J connectivity index is 0.00000182. The molecule has 0 aliphatic rings. The summed E-state index contributed by atoms with van der Waals surface area (Å²) in [5, 5.41) is 24.2. The molecule has 0 bridgehead atoms. The van der Waals surface area contributed by atoms with Crippen LogP contribution in [-0.2, 0) is 17.1 Å². The van der Waals surface area contributed by atoms with Crippen molar-refractivity contribution < 1.29 is 42.0 Å². The molecule has 1 heterocycles. The van der Waals surface area contributed by atoms with E-state index in [2.05, 4.69) is 4.99 Å². The number of fused-ring (bicyclic) bond motifs is 1. The summed E-state index contributed by atoms with van der Waals surface area (Å²) >= 11 is 0. The fraction of sp³-hybridized carbons (Fsp3) is 0.105. The normalized spacial score (nSPS) is 10.8. The minimum atomic E-state index is -1.37. The van der Waals surface area contributed by atoms with Gasteiger partial charge in [-0.3, -0.25) is 4.99 Å². The Kier molecular flexibility index (Phi) is 7.07. The molecule has 0 saturated heterocycles. The van der Waals surface area contributed by atoms with Gasteiger partial charge in [0.2, 0.25) is 0 Å². The third-order valence-corrected chi connectivity index (χ3v) is 3.86. The average Bonchev–Trinajstić information content (AvgIpc) is 2.54. The van der Waals surface area contributed by atoms with Gasteiger partial charge in [-0.15, -0.1) is 0 Å². The zero-order valence-corrected chi connectivity index (χ0v) is 15.3. The van der Waals surface area contributed by atoms with E-state index in [9.17, 15) is 19.8 Å². The maximum atomic E-state index is 12.3. The molecule has 0 spiro atoms. The molecule has 7 nitrogen and oxygen atoms in total. The van der Waals surface area contributed by atoms with Crippen molar-refractivity contribution in [3.63, 3.8) is 0 Å². The number of para-hydroxylation sites is 1. The second-order valence-electron chi connectivity index (χ2n) is 5.57. The van der Waals surface area contributed by atoms with Gasteiger partial charge in [0, 0.05) is 28.3 Å². The molecule has 1 aromatic heterocycles. The minimum Gasteiger partial charge on any atom is -0.872 e. The Hall–Kier alpha value is -2.93. The van der Waals surface area contributed by atoms with Crippen molar-refractivity contribution in [3.05, 3.63) is 69.6 Å². The van der Waals surface area contributed by atoms with E-state index in [1.54, 1.807) is 32.0 Å². The predicted octanol–water partition coefficient (Wildman–Crippen LogP) is 0.852. The number of carboxylic acids is 1. The van der Waals surface area contributed by atoms with Crippen molar-refractivity contribution in [2.75, 3.05) is 0 Å². The van der Waals surface area contributed by atoms with Crippen LogP contribution in [0.4, 0.5) is 5.69 Å². The Labute approximate surface area is 164 Å². The Morgan fingerprint density at radius 2 is 1.81 bits per heavy atom. The van der Waals surface area contributed by atoms with Gasteiger partial charge >= 0.3 is 22.7 Å². The Bertz CT molecular complexity index is 1090. The fourth-order valence-electron chi connectivity index (χ4n) is 2.69. The van der Waals surface area contributed by atoms with Crippen molar-refractivity contribution in [1.82, 2.24) is 0 Å². The van der Waals surface area contributed by atoms with Gasteiger partial charge in [0.25, 0.3) is 0 Å². The predicted molar refractivity (Wildman–Crippen MR) is 92.9 cm³/mol. The SMILES string of the molecule is CC(=Nc1ccccc1C(=O)[O-])c1c([O-])ccc2c(C)cc(=O)oc12.O.[Cu+2]. The van der Waals surface area contributed by atoms with Gasteiger partial charge in [-0.25, -0.2) is 4.79 Å². The molecule has 3 rings (SSSR count). The van der Waals surface area contributed by atoms with Gasteiger partial charge in [-0.2, -0.15) is 0 Å². The third-order valence-electron chi connectivity index (χ3n) is 3.86. The summed E-state index contributed by atoms with van der Waals surface area (Å²) < 4.78 is 5.23. The van der Waals surface area contributed by atoms with Crippen LogP contribution in [0.25, 0.3) is 11.0 Å². The van der Waals surface area contributed by atoms with E-state index in [-0.39, 0.29) is 56.4 Å². The molecule has 0 saturated carbocycles. The summed E-state index contributed by atoms with van der Waals surface area (Å²) in [6.45, 7) is 3.30. The van der Waals surface area contributed by atoms with Gasteiger partial charge in [-0.05, 0) is 25.5 Å². The van der Waals surface area contributed by atoms with Crippen LogP contribution in [0.2, 0.25) is 0 Å². The Morgan fingerprint density at radius 3 is 2.48 bits per heavy atom. The number of benzene rings is 2. The number of nitrogens with zero attached hydrogens (tertiary/aromatic N) is 1. The van der Waals surface area contributed by atoms with Gasteiger partial charge in [0.1, 0.15) is 5.58 Å². The first-order chi connectivity index (χ1) is 11.9. The third kappa shape index (κ3) is 4.25. The summed E-state index contributed by atoms with van der Waals surface area (Å²) in [5.74, 6) is -1.73. The molecule has 0 aliphatic carbocycles. The minimum absolute atomic E-state index is 0. The number of carbonyl (C=O) groups excluding carboxylic acids is 1. The summed E-state index contributed by atoms with van der Waals surface area (Å²) in [7, 11) is 0.